The smallest absolute Gasteiger partial charge is 0.335 e. The van der Waals surface area contributed by atoms with Crippen LogP contribution in [0.2, 0.25) is 0 Å². The van der Waals surface area contributed by atoms with Crippen molar-refractivity contribution in [2.75, 3.05) is 45.7 Å². The van der Waals surface area contributed by atoms with Gasteiger partial charge in [0.25, 0.3) is 0 Å². The molecule has 1 rings (SSSR count). The van der Waals surface area contributed by atoms with E-state index in [-0.39, 0.29) is 5.56 Å². The second kappa shape index (κ2) is 7.70. The van der Waals surface area contributed by atoms with Crippen LogP contribution in [-0.4, -0.2) is 56.4 Å². The standard InChI is InChI=1S/C13H19FN2O3/c1-16(7-8-19-2)6-5-15-12-4-3-10(13(17)18)9-11(12)14/h3-4,9,15H,5-8H2,1-2H3,(H,17,18). The molecule has 0 unspecified atom stereocenters. The Hall–Kier alpha value is -1.66. The molecule has 0 bridgehead atoms. The van der Waals surface area contributed by atoms with Gasteiger partial charge in [-0.25, -0.2) is 9.18 Å². The number of aromatic carboxylic acids is 1. The monoisotopic (exact) mass is 270 g/mol. The highest BCUT2D eigenvalue weighted by Gasteiger charge is 2.08. The number of nitrogens with zero attached hydrogens (tertiary/aromatic N) is 1. The van der Waals surface area contributed by atoms with Crippen LogP contribution in [0.5, 0.6) is 0 Å². The van der Waals surface area contributed by atoms with Crippen LogP contribution in [0.15, 0.2) is 18.2 Å². The van der Waals surface area contributed by atoms with Crippen LogP contribution in [0.1, 0.15) is 10.4 Å². The van der Waals surface area contributed by atoms with Crippen LogP contribution in [0.4, 0.5) is 10.1 Å². The summed E-state index contributed by atoms with van der Waals surface area (Å²) in [7, 11) is 3.59. The summed E-state index contributed by atoms with van der Waals surface area (Å²) in [5.74, 6) is -1.69. The Bertz CT molecular complexity index is 426. The first-order chi connectivity index (χ1) is 9.04. The van der Waals surface area contributed by atoms with Gasteiger partial charge in [0, 0.05) is 26.7 Å². The average Bonchev–Trinajstić information content (AvgIpc) is 2.38. The maximum absolute atomic E-state index is 13.6. The third-order valence-electron chi connectivity index (χ3n) is 2.70. The van der Waals surface area contributed by atoms with Crippen LogP contribution in [0, 0.1) is 5.82 Å². The summed E-state index contributed by atoms with van der Waals surface area (Å²) in [5.41, 5.74) is 0.255. The quantitative estimate of drug-likeness (QED) is 0.750. The Morgan fingerprint density at radius 3 is 2.79 bits per heavy atom. The Kier molecular flexibility index (Phi) is 6.24. The van der Waals surface area contributed by atoms with Gasteiger partial charge in [-0.3, -0.25) is 0 Å². The summed E-state index contributed by atoms with van der Waals surface area (Å²) >= 11 is 0. The number of rotatable bonds is 8. The van der Waals surface area contributed by atoms with E-state index in [0.717, 1.165) is 19.2 Å². The summed E-state index contributed by atoms with van der Waals surface area (Å²) in [6, 6.07) is 3.83. The van der Waals surface area contributed by atoms with E-state index in [9.17, 15) is 9.18 Å². The van der Waals surface area contributed by atoms with Crippen LogP contribution in [0.25, 0.3) is 0 Å². The van der Waals surface area contributed by atoms with Crippen LogP contribution >= 0.6 is 0 Å². The number of hydrogen-bond donors (Lipinski definition) is 2. The highest BCUT2D eigenvalue weighted by molar-refractivity contribution is 5.88. The Morgan fingerprint density at radius 2 is 2.21 bits per heavy atom. The van der Waals surface area contributed by atoms with Gasteiger partial charge in [-0.2, -0.15) is 0 Å². The number of carbonyl (C=O) groups is 1. The Labute approximate surface area is 112 Å². The highest BCUT2D eigenvalue weighted by Crippen LogP contribution is 2.15. The fourth-order valence-electron chi connectivity index (χ4n) is 1.53. The van der Waals surface area contributed by atoms with Crippen molar-refractivity contribution < 1.29 is 19.0 Å². The number of ether oxygens (including phenoxy) is 1. The summed E-state index contributed by atoms with van der Waals surface area (Å²) in [6.07, 6.45) is 0. The first-order valence-electron chi connectivity index (χ1n) is 5.98. The molecule has 2 N–H and O–H groups in total. The number of methoxy groups -OCH3 is 1. The summed E-state index contributed by atoms with van der Waals surface area (Å²) in [4.78, 5) is 12.7. The van der Waals surface area contributed by atoms with E-state index in [1.807, 2.05) is 7.05 Å². The molecular weight excluding hydrogens is 251 g/mol. The first kappa shape index (κ1) is 15.4. The van der Waals surface area contributed by atoms with Gasteiger partial charge in [0.1, 0.15) is 5.82 Å². The Balaban J connectivity index is 2.43. The number of hydrogen-bond acceptors (Lipinski definition) is 4. The lowest BCUT2D eigenvalue weighted by Crippen LogP contribution is -2.28. The van der Waals surface area contributed by atoms with E-state index in [1.165, 1.54) is 12.1 Å². The molecule has 0 saturated heterocycles. The molecule has 0 spiro atoms. The molecule has 0 aliphatic carbocycles. The van der Waals surface area contributed by atoms with Gasteiger partial charge < -0.3 is 20.1 Å². The number of carboxylic acids is 1. The topological polar surface area (TPSA) is 61.8 Å². The maximum atomic E-state index is 13.6. The molecule has 106 valence electrons. The average molecular weight is 270 g/mol. The third-order valence-corrected chi connectivity index (χ3v) is 2.70. The Morgan fingerprint density at radius 1 is 1.47 bits per heavy atom. The maximum Gasteiger partial charge on any atom is 0.335 e. The SMILES string of the molecule is COCCN(C)CCNc1ccc(C(=O)O)cc1F. The molecule has 0 fully saturated rings. The number of halogens is 1. The lowest BCUT2D eigenvalue weighted by Gasteiger charge is -2.16. The van der Waals surface area contributed by atoms with Crippen molar-refractivity contribution in [1.29, 1.82) is 0 Å². The largest absolute Gasteiger partial charge is 0.478 e. The molecule has 0 radical (unpaired) electrons. The lowest BCUT2D eigenvalue weighted by molar-refractivity contribution is 0.0696. The minimum atomic E-state index is -1.13. The predicted molar refractivity (Wildman–Crippen MR) is 71.2 cm³/mol. The normalized spacial score (nSPS) is 10.7. The van der Waals surface area contributed by atoms with E-state index in [2.05, 4.69) is 10.2 Å². The highest BCUT2D eigenvalue weighted by atomic mass is 19.1. The minimum absolute atomic E-state index is 0.0553. The van der Waals surface area contributed by atoms with Crippen molar-refractivity contribution in [3.05, 3.63) is 29.6 Å². The zero-order valence-corrected chi connectivity index (χ0v) is 11.1. The zero-order chi connectivity index (χ0) is 14.3. The van der Waals surface area contributed by atoms with Gasteiger partial charge in [0.15, 0.2) is 0 Å². The van der Waals surface area contributed by atoms with E-state index < -0.39 is 11.8 Å². The van der Waals surface area contributed by atoms with Crippen molar-refractivity contribution in [2.24, 2.45) is 0 Å². The van der Waals surface area contributed by atoms with Gasteiger partial charge in [0.05, 0.1) is 17.9 Å². The van der Waals surface area contributed by atoms with Crippen LogP contribution in [-0.2, 0) is 4.74 Å². The van der Waals surface area contributed by atoms with Gasteiger partial charge >= 0.3 is 5.97 Å². The molecule has 0 aliphatic rings. The van der Waals surface area contributed by atoms with Crippen LogP contribution in [0.3, 0.4) is 0 Å². The van der Waals surface area contributed by atoms with E-state index in [4.69, 9.17) is 9.84 Å². The predicted octanol–water partition coefficient (Wildman–Crippen LogP) is 1.51. The number of nitrogens with one attached hydrogen (secondary N) is 1. The number of benzene rings is 1. The molecule has 0 aliphatic heterocycles. The number of likely N-dealkylation sites (N-methyl/N-ethyl adjacent to an activating group) is 1. The number of anilines is 1. The second-order valence-electron chi connectivity index (χ2n) is 4.22. The van der Waals surface area contributed by atoms with Gasteiger partial charge in [-0.15, -0.1) is 0 Å². The molecule has 0 saturated carbocycles. The van der Waals surface area contributed by atoms with Crippen molar-refractivity contribution in [2.45, 2.75) is 0 Å². The molecule has 0 amide bonds. The summed E-state index contributed by atoms with van der Waals surface area (Å²) in [5, 5.41) is 11.7. The molecule has 6 heteroatoms. The molecule has 5 nitrogen and oxygen atoms in total. The zero-order valence-electron chi connectivity index (χ0n) is 11.1. The van der Waals surface area contributed by atoms with Crippen molar-refractivity contribution in [3.8, 4) is 0 Å². The number of carboxylic acid groups (broad SMARTS) is 1. The fraction of sp³-hybridized carbons (Fsp3) is 0.462. The van der Waals surface area contributed by atoms with E-state index >= 15 is 0 Å². The minimum Gasteiger partial charge on any atom is -0.478 e. The fourth-order valence-corrected chi connectivity index (χ4v) is 1.53. The van der Waals surface area contributed by atoms with Crippen LogP contribution < -0.4 is 5.32 Å². The van der Waals surface area contributed by atoms with Crippen molar-refractivity contribution in [1.82, 2.24) is 4.90 Å². The molecule has 0 heterocycles. The first-order valence-corrected chi connectivity index (χ1v) is 5.98. The van der Waals surface area contributed by atoms with Crippen molar-refractivity contribution in [3.63, 3.8) is 0 Å². The molecule has 19 heavy (non-hydrogen) atoms. The second-order valence-corrected chi connectivity index (χ2v) is 4.22. The van der Waals surface area contributed by atoms with Gasteiger partial charge in [0.2, 0.25) is 0 Å². The molecule has 1 aromatic carbocycles. The van der Waals surface area contributed by atoms with E-state index in [0.29, 0.717) is 18.8 Å². The molecule has 0 aromatic heterocycles. The van der Waals surface area contributed by atoms with E-state index in [1.54, 1.807) is 7.11 Å². The third kappa shape index (κ3) is 5.23. The lowest BCUT2D eigenvalue weighted by atomic mass is 10.2. The molecule has 1 aromatic rings. The van der Waals surface area contributed by atoms with Crippen molar-refractivity contribution >= 4 is 11.7 Å². The van der Waals surface area contributed by atoms with Gasteiger partial charge in [-0.05, 0) is 25.2 Å². The van der Waals surface area contributed by atoms with Gasteiger partial charge in [-0.1, -0.05) is 0 Å². The molecular formula is C13H19FN2O3. The summed E-state index contributed by atoms with van der Waals surface area (Å²) in [6.45, 7) is 2.77. The molecule has 0 atom stereocenters. The summed E-state index contributed by atoms with van der Waals surface area (Å²) < 4.78 is 18.5.